The summed E-state index contributed by atoms with van der Waals surface area (Å²) in [5.74, 6) is 0.829. The third-order valence-corrected chi connectivity index (χ3v) is 1.71. The molecule has 1 heterocycles. The summed E-state index contributed by atoms with van der Waals surface area (Å²) in [4.78, 5) is 4.12. The lowest BCUT2D eigenvalue weighted by molar-refractivity contribution is 0.471. The topological polar surface area (TPSA) is 22.1 Å². The van der Waals surface area contributed by atoms with Crippen LogP contribution in [0, 0.1) is 6.92 Å². The van der Waals surface area contributed by atoms with Crippen LogP contribution in [0.25, 0.3) is 0 Å². The van der Waals surface area contributed by atoms with Gasteiger partial charge in [-0.3, -0.25) is 4.98 Å². The van der Waals surface area contributed by atoms with Gasteiger partial charge in [-0.15, -0.1) is 0 Å². The highest BCUT2D eigenvalue weighted by atomic mass is 16.5. The first kappa shape index (κ1) is 9.78. The normalized spacial score (nSPS) is 10.6. The molecule has 0 saturated carbocycles. The Morgan fingerprint density at radius 2 is 2.38 bits per heavy atom. The van der Waals surface area contributed by atoms with Gasteiger partial charge >= 0.3 is 0 Å². The summed E-state index contributed by atoms with van der Waals surface area (Å²) in [5.41, 5.74) is 0.920. The van der Waals surface area contributed by atoms with E-state index in [1.54, 1.807) is 12.5 Å². The lowest BCUT2D eigenvalue weighted by Crippen LogP contribution is -1.87. The van der Waals surface area contributed by atoms with Crippen molar-refractivity contribution in [1.82, 2.24) is 4.98 Å². The molecule has 0 unspecified atom stereocenters. The van der Waals surface area contributed by atoms with E-state index in [0.29, 0.717) is 0 Å². The van der Waals surface area contributed by atoms with E-state index in [0.717, 1.165) is 24.3 Å². The fraction of sp³-hybridized carbons (Fsp3) is 0.364. The molecule has 13 heavy (non-hydrogen) atoms. The molecule has 1 rings (SSSR count). The lowest BCUT2D eigenvalue weighted by atomic mass is 10.3. The van der Waals surface area contributed by atoms with Crippen LogP contribution in [0.15, 0.2) is 30.7 Å². The molecule has 0 aliphatic heterocycles. The van der Waals surface area contributed by atoms with E-state index in [4.69, 9.17) is 4.74 Å². The Morgan fingerprint density at radius 3 is 3.08 bits per heavy atom. The second-order valence-electron chi connectivity index (χ2n) is 2.87. The van der Waals surface area contributed by atoms with Gasteiger partial charge in [0, 0.05) is 6.20 Å². The maximum Gasteiger partial charge on any atom is 0.147 e. The zero-order chi connectivity index (χ0) is 9.52. The third kappa shape index (κ3) is 3.28. The van der Waals surface area contributed by atoms with E-state index in [1.165, 1.54) is 0 Å². The Labute approximate surface area is 79.3 Å². The lowest BCUT2D eigenvalue weighted by Gasteiger charge is -2.01. The van der Waals surface area contributed by atoms with Gasteiger partial charge in [-0.1, -0.05) is 13.3 Å². The van der Waals surface area contributed by atoms with E-state index in [9.17, 15) is 0 Å². The van der Waals surface area contributed by atoms with Gasteiger partial charge in [0.2, 0.25) is 0 Å². The predicted octanol–water partition coefficient (Wildman–Crippen LogP) is 3.08. The van der Waals surface area contributed by atoms with Crippen LogP contribution in [-0.4, -0.2) is 4.98 Å². The molecule has 0 aliphatic rings. The fourth-order valence-electron chi connectivity index (χ4n) is 0.950. The number of aromatic nitrogens is 1. The molecule has 0 saturated heterocycles. The van der Waals surface area contributed by atoms with Crippen molar-refractivity contribution in [2.24, 2.45) is 0 Å². The quantitative estimate of drug-likeness (QED) is 0.659. The smallest absolute Gasteiger partial charge is 0.147 e. The maximum absolute atomic E-state index is 5.40. The summed E-state index contributed by atoms with van der Waals surface area (Å²) in [7, 11) is 0. The Kier molecular flexibility index (Phi) is 4.03. The molecule has 0 aromatic carbocycles. The molecule has 2 heteroatoms. The molecule has 1 aromatic heterocycles. The standard InChI is InChI=1S/C11H15NO/c1-3-4-5-9-13-11-7-6-8-12-10(11)2/h5-9H,3-4H2,1-2H3/b9-5+. The van der Waals surface area contributed by atoms with Gasteiger partial charge in [0.25, 0.3) is 0 Å². The SMILES string of the molecule is CCC/C=C/Oc1cccnc1C. The van der Waals surface area contributed by atoms with Crippen molar-refractivity contribution in [3.8, 4) is 5.75 Å². The number of pyridine rings is 1. The summed E-state index contributed by atoms with van der Waals surface area (Å²) in [6, 6.07) is 3.79. The van der Waals surface area contributed by atoms with Crippen LogP contribution < -0.4 is 4.74 Å². The van der Waals surface area contributed by atoms with Crippen molar-refractivity contribution in [3.05, 3.63) is 36.4 Å². The van der Waals surface area contributed by atoms with Crippen molar-refractivity contribution in [2.45, 2.75) is 26.7 Å². The average Bonchev–Trinajstić information content (AvgIpc) is 2.15. The maximum atomic E-state index is 5.40. The van der Waals surface area contributed by atoms with Gasteiger partial charge in [0.15, 0.2) is 0 Å². The number of aryl methyl sites for hydroxylation is 1. The number of hydrogen-bond acceptors (Lipinski definition) is 2. The minimum absolute atomic E-state index is 0.829. The van der Waals surface area contributed by atoms with Crippen LogP contribution in [0.2, 0.25) is 0 Å². The Bertz CT molecular complexity index is 281. The molecule has 0 N–H and O–H groups in total. The van der Waals surface area contributed by atoms with E-state index < -0.39 is 0 Å². The monoisotopic (exact) mass is 177 g/mol. The van der Waals surface area contributed by atoms with Crippen molar-refractivity contribution < 1.29 is 4.74 Å². The highest BCUT2D eigenvalue weighted by Crippen LogP contribution is 2.13. The van der Waals surface area contributed by atoms with Gasteiger partial charge in [-0.25, -0.2) is 0 Å². The van der Waals surface area contributed by atoms with Crippen molar-refractivity contribution >= 4 is 0 Å². The number of unbranched alkanes of at least 4 members (excludes halogenated alkanes) is 1. The second kappa shape index (κ2) is 5.36. The first-order valence-electron chi connectivity index (χ1n) is 4.58. The van der Waals surface area contributed by atoms with Gasteiger partial charge in [-0.2, -0.15) is 0 Å². The zero-order valence-corrected chi connectivity index (χ0v) is 8.16. The van der Waals surface area contributed by atoms with E-state index in [2.05, 4.69) is 11.9 Å². The molecule has 0 amide bonds. The van der Waals surface area contributed by atoms with Gasteiger partial charge in [0.05, 0.1) is 12.0 Å². The van der Waals surface area contributed by atoms with E-state index in [-0.39, 0.29) is 0 Å². The van der Waals surface area contributed by atoms with Crippen LogP contribution in [0.5, 0.6) is 5.75 Å². The van der Waals surface area contributed by atoms with Crippen LogP contribution in [0.1, 0.15) is 25.5 Å². The highest BCUT2D eigenvalue weighted by Gasteiger charge is 1.94. The third-order valence-electron chi connectivity index (χ3n) is 1.71. The molecule has 0 radical (unpaired) electrons. The summed E-state index contributed by atoms with van der Waals surface area (Å²) < 4.78 is 5.40. The van der Waals surface area contributed by atoms with E-state index >= 15 is 0 Å². The molecule has 0 bridgehead atoms. The van der Waals surface area contributed by atoms with E-state index in [1.807, 2.05) is 25.1 Å². The largest absolute Gasteiger partial charge is 0.463 e. The molecule has 0 atom stereocenters. The van der Waals surface area contributed by atoms with Crippen LogP contribution in [-0.2, 0) is 0 Å². The number of ether oxygens (including phenoxy) is 1. The summed E-state index contributed by atoms with van der Waals surface area (Å²) in [6.07, 6.45) is 7.71. The molecular weight excluding hydrogens is 162 g/mol. The van der Waals surface area contributed by atoms with Crippen molar-refractivity contribution in [2.75, 3.05) is 0 Å². The molecule has 1 aromatic rings. The molecule has 0 fully saturated rings. The van der Waals surface area contributed by atoms with Gasteiger partial charge in [0.1, 0.15) is 5.75 Å². The molecule has 0 spiro atoms. The van der Waals surface area contributed by atoms with Crippen LogP contribution in [0.4, 0.5) is 0 Å². The molecule has 2 nitrogen and oxygen atoms in total. The summed E-state index contributed by atoms with van der Waals surface area (Å²) in [6.45, 7) is 4.07. The number of allylic oxidation sites excluding steroid dienone is 1. The van der Waals surface area contributed by atoms with Crippen molar-refractivity contribution in [3.63, 3.8) is 0 Å². The molecule has 70 valence electrons. The van der Waals surface area contributed by atoms with Crippen LogP contribution in [0.3, 0.4) is 0 Å². The molecular formula is C11H15NO. The number of rotatable bonds is 4. The first-order chi connectivity index (χ1) is 6.34. The number of hydrogen-bond donors (Lipinski definition) is 0. The fourth-order valence-corrected chi connectivity index (χ4v) is 0.950. The predicted molar refractivity (Wildman–Crippen MR) is 53.7 cm³/mol. The van der Waals surface area contributed by atoms with Crippen molar-refractivity contribution in [1.29, 1.82) is 0 Å². The second-order valence-corrected chi connectivity index (χ2v) is 2.87. The first-order valence-corrected chi connectivity index (χ1v) is 4.58. The summed E-state index contributed by atoms with van der Waals surface area (Å²) in [5, 5.41) is 0. The Balaban J connectivity index is 2.49. The minimum Gasteiger partial charge on any atom is -0.463 e. The highest BCUT2D eigenvalue weighted by molar-refractivity contribution is 5.25. The average molecular weight is 177 g/mol. The van der Waals surface area contributed by atoms with Crippen LogP contribution >= 0.6 is 0 Å². The van der Waals surface area contributed by atoms with Gasteiger partial charge < -0.3 is 4.74 Å². The summed E-state index contributed by atoms with van der Waals surface area (Å²) >= 11 is 0. The number of nitrogens with zero attached hydrogens (tertiary/aromatic N) is 1. The minimum atomic E-state index is 0.829. The van der Waals surface area contributed by atoms with Gasteiger partial charge in [-0.05, 0) is 31.6 Å². The molecule has 0 aliphatic carbocycles. The zero-order valence-electron chi connectivity index (χ0n) is 8.16. The Hall–Kier alpha value is -1.31. The Morgan fingerprint density at radius 1 is 1.54 bits per heavy atom.